The number of aromatic carboxylic acids is 1. The van der Waals surface area contributed by atoms with E-state index in [1.54, 1.807) is 21.6 Å². The predicted molar refractivity (Wildman–Crippen MR) is 203 cm³/mol. The number of nitrogens with zero attached hydrogens (tertiary/aromatic N) is 2. The van der Waals surface area contributed by atoms with Crippen molar-refractivity contribution in [3.63, 3.8) is 0 Å². The van der Waals surface area contributed by atoms with Gasteiger partial charge in [-0.05, 0) is 61.4 Å². The molecular formula is C38H42ClF5N3O5P2+. The molecule has 0 aromatic heterocycles. The lowest BCUT2D eigenvalue weighted by Crippen LogP contribution is -2.48. The van der Waals surface area contributed by atoms with Crippen LogP contribution in [-0.2, 0) is 9.30 Å². The smallest absolute Gasteiger partial charge is 0.339 e. The number of alkyl halides is 3. The highest BCUT2D eigenvalue weighted by molar-refractivity contribution is 8.24. The van der Waals surface area contributed by atoms with E-state index in [0.29, 0.717) is 49.8 Å². The third-order valence-electron chi connectivity index (χ3n) is 10.1. The number of carboxylic acids is 1. The topological polar surface area (TPSA) is 99.0 Å². The first kappa shape index (κ1) is 40.3. The molecule has 0 spiro atoms. The molecule has 2 unspecified atom stereocenters. The summed E-state index contributed by atoms with van der Waals surface area (Å²) in [6.07, 6.45) is 8.15. The minimum atomic E-state index is -3.68. The first-order valence-electron chi connectivity index (χ1n) is 18.0. The van der Waals surface area contributed by atoms with Crippen LogP contribution in [0.3, 0.4) is 0 Å². The van der Waals surface area contributed by atoms with Crippen LogP contribution in [0.4, 0.5) is 27.6 Å². The Morgan fingerprint density at radius 2 is 1.61 bits per heavy atom. The summed E-state index contributed by atoms with van der Waals surface area (Å²) in [5.74, 6) is -8.11. The van der Waals surface area contributed by atoms with Crippen LogP contribution in [0.5, 0.6) is 0 Å². The molecule has 290 valence electrons. The number of rotatable bonds is 16. The van der Waals surface area contributed by atoms with E-state index < -0.39 is 65.2 Å². The molecule has 6 rings (SSSR count). The van der Waals surface area contributed by atoms with Gasteiger partial charge in [0.1, 0.15) is 23.1 Å². The second-order valence-corrected chi connectivity index (χ2v) is 18.7. The van der Waals surface area contributed by atoms with Gasteiger partial charge in [-0.15, -0.1) is 11.6 Å². The lowest BCUT2D eigenvalue weighted by Gasteiger charge is -2.38. The average Bonchev–Trinajstić information content (AvgIpc) is 3.11. The standard InChI is InChI=1S/C38H41ClF5N3O5P2/c39-12-4-1-2-6-14-52-15-7-3-5-13-45-37(48)33-34(42)31(32(38(49)50)35(43)36(33)44)30-26-10-8-24(46-18-22(40)19-46)16-28(26)54(51,53)29-17-25(9-11-27(29)30)47-20-23(41)21-47/h8-11,16-17,22-23H,1-7,12-15,18-21,53H2,(H-,45,48,49,50)/p+1. The molecule has 2 aromatic rings. The second kappa shape index (κ2) is 17.2. The zero-order valence-corrected chi connectivity index (χ0v) is 32.3. The number of amides is 1. The van der Waals surface area contributed by atoms with Crippen molar-refractivity contribution in [1.29, 1.82) is 0 Å². The lowest BCUT2D eigenvalue weighted by atomic mass is 9.85. The summed E-state index contributed by atoms with van der Waals surface area (Å²) in [5, 5.41) is 12.9. The summed E-state index contributed by atoms with van der Waals surface area (Å²) >= 11 is 5.68. The number of nitrogens with one attached hydrogen (secondary N) is 1. The van der Waals surface area contributed by atoms with Crippen LogP contribution in [0.15, 0.2) is 47.3 Å². The van der Waals surface area contributed by atoms with Gasteiger partial charge in [0.25, 0.3) is 5.91 Å². The monoisotopic (exact) mass is 812 g/mol. The average molecular weight is 813 g/mol. The van der Waals surface area contributed by atoms with Crippen LogP contribution in [0.2, 0.25) is 0 Å². The minimum absolute atomic E-state index is 0.00425. The molecule has 1 amide bonds. The van der Waals surface area contributed by atoms with Crippen LogP contribution in [0.25, 0.3) is 5.57 Å². The van der Waals surface area contributed by atoms with Crippen molar-refractivity contribution in [3.05, 3.63) is 87.0 Å². The fourth-order valence-electron chi connectivity index (χ4n) is 7.07. The number of carbonyl (C=O) groups excluding carboxylic acids is 1. The van der Waals surface area contributed by atoms with Crippen LogP contribution in [0, 0.1) is 17.5 Å². The number of carboxylic acid groups (broad SMARTS) is 1. The van der Waals surface area contributed by atoms with Gasteiger partial charge in [-0.1, -0.05) is 27.8 Å². The molecule has 4 aliphatic rings. The van der Waals surface area contributed by atoms with Gasteiger partial charge in [0, 0.05) is 65.2 Å². The molecular weight excluding hydrogens is 771 g/mol. The molecule has 1 aliphatic carbocycles. The minimum Gasteiger partial charge on any atom is -0.478 e. The molecule has 8 nitrogen and oxygen atoms in total. The van der Waals surface area contributed by atoms with Gasteiger partial charge in [-0.3, -0.25) is 4.79 Å². The maximum absolute atomic E-state index is 16.9. The Morgan fingerprint density at radius 3 is 2.26 bits per heavy atom. The van der Waals surface area contributed by atoms with Crippen molar-refractivity contribution >= 4 is 61.5 Å². The Labute approximate surface area is 317 Å². The van der Waals surface area contributed by atoms with Gasteiger partial charge < -0.3 is 24.6 Å². The van der Waals surface area contributed by atoms with E-state index >= 15 is 13.2 Å². The van der Waals surface area contributed by atoms with Crippen molar-refractivity contribution in [2.24, 2.45) is 0 Å². The van der Waals surface area contributed by atoms with Crippen LogP contribution >= 0.6 is 27.4 Å². The summed E-state index contributed by atoms with van der Waals surface area (Å²) in [4.78, 5) is 27.6. The molecule has 54 heavy (non-hydrogen) atoms. The first-order chi connectivity index (χ1) is 25.8. The van der Waals surface area contributed by atoms with E-state index in [1.807, 2.05) is 0 Å². The van der Waals surface area contributed by atoms with E-state index in [9.17, 15) is 28.0 Å². The number of allylic oxidation sites excluding steroid dienone is 5. The van der Waals surface area contributed by atoms with Crippen molar-refractivity contribution in [2.45, 2.75) is 57.3 Å². The SMILES string of the molecule is O=C(NCCCCCOCCCCCCCl)c1c(F)c(F)c(C(=O)O)c(C2=C3C=CC(=[N+]4CC(F)C4)C=C3P(=O)(P)c3cc(N4CC(F)C4)ccc32)c1F. The Balaban J connectivity index is 1.34. The number of carbonyl (C=O) groups is 2. The van der Waals surface area contributed by atoms with Crippen molar-refractivity contribution < 1.29 is 50.5 Å². The molecule has 2 saturated heterocycles. The Hall–Kier alpha value is -3.37. The molecule has 3 aliphatic heterocycles. The van der Waals surface area contributed by atoms with E-state index in [-0.39, 0.29) is 60.1 Å². The summed E-state index contributed by atoms with van der Waals surface area (Å²) in [6, 6.07) is 4.56. The summed E-state index contributed by atoms with van der Waals surface area (Å²) in [5.41, 5.74) is -2.60. The molecule has 2 fully saturated rings. The van der Waals surface area contributed by atoms with Crippen molar-refractivity contribution in [3.8, 4) is 0 Å². The number of hydrogen-bond acceptors (Lipinski definition) is 5. The number of ether oxygens (including phenoxy) is 1. The molecule has 2 atom stereocenters. The highest BCUT2D eigenvalue weighted by atomic mass is 35.5. The van der Waals surface area contributed by atoms with E-state index in [0.717, 1.165) is 25.7 Å². The third kappa shape index (κ3) is 8.11. The first-order valence-corrected chi connectivity index (χ1v) is 21.9. The fourth-order valence-corrected chi connectivity index (χ4v) is 10.5. The largest absolute Gasteiger partial charge is 0.478 e. The molecule has 16 heteroatoms. The van der Waals surface area contributed by atoms with E-state index in [2.05, 4.69) is 14.2 Å². The Bertz CT molecular complexity index is 2010. The molecule has 3 heterocycles. The Kier molecular flexibility index (Phi) is 12.8. The van der Waals surface area contributed by atoms with Gasteiger partial charge >= 0.3 is 5.97 Å². The van der Waals surface area contributed by atoms with E-state index in [1.165, 1.54) is 24.3 Å². The normalized spacial score (nSPS) is 20.7. The lowest BCUT2D eigenvalue weighted by molar-refractivity contribution is -0.599. The molecule has 0 radical (unpaired) electrons. The number of anilines is 1. The van der Waals surface area contributed by atoms with Crippen LogP contribution < -0.4 is 15.5 Å². The van der Waals surface area contributed by atoms with Gasteiger partial charge in [0.15, 0.2) is 31.6 Å². The van der Waals surface area contributed by atoms with Gasteiger partial charge in [-0.25, -0.2) is 31.3 Å². The van der Waals surface area contributed by atoms with E-state index in [4.69, 9.17) is 16.3 Å². The highest BCUT2D eigenvalue weighted by Crippen LogP contribution is 2.68. The summed E-state index contributed by atoms with van der Waals surface area (Å²) < 4.78 is 98.1. The van der Waals surface area contributed by atoms with Gasteiger partial charge in [0.2, 0.25) is 11.9 Å². The quantitative estimate of drug-likeness (QED) is 0.0455. The Morgan fingerprint density at radius 1 is 0.944 bits per heavy atom. The zero-order valence-electron chi connectivity index (χ0n) is 29.5. The predicted octanol–water partition coefficient (Wildman–Crippen LogP) is 7.53. The summed E-state index contributed by atoms with van der Waals surface area (Å²) in [7, 11) is 2.33. The number of hydrogen-bond donors (Lipinski definition) is 2. The zero-order chi connectivity index (χ0) is 38.7. The maximum atomic E-state index is 16.9. The van der Waals surface area contributed by atoms with Crippen LogP contribution in [0.1, 0.15) is 76.8 Å². The number of halogens is 6. The molecule has 0 saturated carbocycles. The third-order valence-corrected chi connectivity index (χ3v) is 14.2. The van der Waals surface area contributed by atoms with Crippen LogP contribution in [-0.4, -0.2) is 91.4 Å². The summed E-state index contributed by atoms with van der Waals surface area (Å²) in [6.45, 7) is -2.21. The number of fused-ring (bicyclic) bond motifs is 2. The van der Waals surface area contributed by atoms with Gasteiger partial charge in [0.05, 0.1) is 13.1 Å². The molecule has 2 N–H and O–H groups in total. The van der Waals surface area contributed by atoms with Gasteiger partial charge in [-0.2, -0.15) is 0 Å². The molecule has 0 bridgehead atoms. The second-order valence-electron chi connectivity index (χ2n) is 13.8. The number of unbranched alkanes of at least 4 members (excludes halogenated alkanes) is 5. The van der Waals surface area contributed by atoms with Crippen molar-refractivity contribution in [1.82, 2.24) is 5.32 Å². The molecule has 2 aromatic carbocycles. The van der Waals surface area contributed by atoms with Crippen molar-refractivity contribution in [2.75, 3.05) is 56.7 Å². The highest BCUT2D eigenvalue weighted by Gasteiger charge is 2.44. The number of benzene rings is 2. The fraction of sp³-hybridized carbons (Fsp3) is 0.447. The maximum Gasteiger partial charge on any atom is 0.339 e.